The van der Waals surface area contributed by atoms with Crippen molar-refractivity contribution < 1.29 is 19.8 Å². The van der Waals surface area contributed by atoms with Crippen molar-refractivity contribution in [1.82, 2.24) is 20.4 Å². The molecule has 0 saturated carbocycles. The molecule has 0 bridgehead atoms. The number of nitrogens with one attached hydrogen (secondary N) is 2. The summed E-state index contributed by atoms with van der Waals surface area (Å²) in [5.41, 5.74) is 0. The lowest BCUT2D eigenvalue weighted by molar-refractivity contribution is -0.121. The molecule has 8 heteroatoms. The Morgan fingerprint density at radius 1 is 0.365 bits per heavy atom. The SMILES string of the molecule is CCCCCCCCCCCCCCCCNC(=O)CCN(CCC(=O)NCCCCCCCCCCCCCCCC)CCN(CCO)CCO. The van der Waals surface area contributed by atoms with E-state index in [4.69, 9.17) is 0 Å². The van der Waals surface area contributed by atoms with E-state index in [0.29, 0.717) is 52.1 Å². The summed E-state index contributed by atoms with van der Waals surface area (Å²) in [7, 11) is 0. The Bertz CT molecular complexity index is 685. The molecule has 0 aliphatic rings. The minimum absolute atomic E-state index is 0.0450. The van der Waals surface area contributed by atoms with Crippen LogP contribution in [-0.2, 0) is 9.59 Å². The molecular weight excluding hydrogens is 649 g/mol. The van der Waals surface area contributed by atoms with Gasteiger partial charge >= 0.3 is 0 Å². The number of unbranched alkanes of at least 4 members (excludes halogenated alkanes) is 26. The van der Waals surface area contributed by atoms with Gasteiger partial charge < -0.3 is 25.7 Å². The minimum Gasteiger partial charge on any atom is -0.395 e. The van der Waals surface area contributed by atoms with Crippen LogP contribution in [0.4, 0.5) is 0 Å². The van der Waals surface area contributed by atoms with Crippen molar-refractivity contribution in [3.63, 3.8) is 0 Å². The Balaban J connectivity index is 4.08. The van der Waals surface area contributed by atoms with Gasteiger partial charge in [0.15, 0.2) is 0 Å². The number of nitrogens with zero attached hydrogens (tertiary/aromatic N) is 2. The molecule has 52 heavy (non-hydrogen) atoms. The lowest BCUT2D eigenvalue weighted by Gasteiger charge is -2.26. The fraction of sp³-hybridized carbons (Fsp3) is 0.955. The average molecular weight is 739 g/mol. The largest absolute Gasteiger partial charge is 0.395 e. The van der Waals surface area contributed by atoms with Gasteiger partial charge in [0.2, 0.25) is 11.8 Å². The molecule has 0 aliphatic carbocycles. The fourth-order valence-electron chi connectivity index (χ4n) is 7.03. The molecule has 0 rings (SSSR count). The van der Waals surface area contributed by atoms with Crippen molar-refractivity contribution in [3.8, 4) is 0 Å². The molecule has 0 heterocycles. The molecule has 0 aromatic heterocycles. The van der Waals surface area contributed by atoms with Gasteiger partial charge in [-0.2, -0.15) is 0 Å². The van der Waals surface area contributed by atoms with E-state index in [1.54, 1.807) is 0 Å². The van der Waals surface area contributed by atoms with Crippen molar-refractivity contribution in [2.24, 2.45) is 0 Å². The van der Waals surface area contributed by atoms with Crippen LogP contribution in [0, 0.1) is 0 Å². The molecule has 0 aromatic carbocycles. The maximum atomic E-state index is 12.6. The zero-order chi connectivity index (χ0) is 38.0. The molecule has 0 aromatic rings. The topological polar surface area (TPSA) is 105 Å². The summed E-state index contributed by atoms with van der Waals surface area (Å²) >= 11 is 0. The number of amides is 2. The van der Waals surface area contributed by atoms with Gasteiger partial charge in [0.1, 0.15) is 0 Å². The first-order valence-electron chi connectivity index (χ1n) is 22.8. The second-order valence-corrected chi connectivity index (χ2v) is 15.5. The van der Waals surface area contributed by atoms with E-state index in [9.17, 15) is 19.8 Å². The molecule has 0 fully saturated rings. The van der Waals surface area contributed by atoms with Crippen LogP contribution in [0.2, 0.25) is 0 Å². The Morgan fingerprint density at radius 3 is 0.885 bits per heavy atom. The molecule has 310 valence electrons. The zero-order valence-electron chi connectivity index (χ0n) is 34.9. The zero-order valence-corrected chi connectivity index (χ0v) is 34.9. The van der Waals surface area contributed by atoms with Crippen LogP contribution >= 0.6 is 0 Å². The highest BCUT2D eigenvalue weighted by Gasteiger charge is 2.13. The molecule has 4 N–H and O–H groups in total. The first kappa shape index (κ1) is 50.8. The number of hydrogen-bond acceptors (Lipinski definition) is 6. The van der Waals surface area contributed by atoms with Gasteiger partial charge in [-0.15, -0.1) is 0 Å². The quantitative estimate of drug-likeness (QED) is 0.0465. The third-order valence-corrected chi connectivity index (χ3v) is 10.6. The first-order chi connectivity index (χ1) is 25.6. The van der Waals surface area contributed by atoms with Crippen LogP contribution in [0.5, 0.6) is 0 Å². The molecule has 2 amide bonds. The predicted octanol–water partition coefficient (Wildman–Crippen LogP) is 9.55. The smallest absolute Gasteiger partial charge is 0.221 e. The highest BCUT2D eigenvalue weighted by molar-refractivity contribution is 5.76. The van der Waals surface area contributed by atoms with Crippen LogP contribution in [-0.4, -0.2) is 97.4 Å². The number of carbonyl (C=O) groups excluding carboxylic acids is 2. The van der Waals surface area contributed by atoms with Gasteiger partial charge in [-0.3, -0.25) is 14.5 Å². The summed E-state index contributed by atoms with van der Waals surface area (Å²) in [5.74, 6) is 0.147. The van der Waals surface area contributed by atoms with Gasteiger partial charge in [0.05, 0.1) is 13.2 Å². The maximum absolute atomic E-state index is 12.6. The molecule has 0 aliphatic heterocycles. The van der Waals surface area contributed by atoms with E-state index in [1.807, 2.05) is 4.90 Å². The van der Waals surface area contributed by atoms with Crippen molar-refractivity contribution in [1.29, 1.82) is 0 Å². The maximum Gasteiger partial charge on any atom is 0.221 e. The Hall–Kier alpha value is -1.22. The van der Waals surface area contributed by atoms with E-state index in [1.165, 1.54) is 167 Å². The number of carbonyl (C=O) groups is 2. The predicted molar refractivity (Wildman–Crippen MR) is 223 cm³/mol. The number of rotatable bonds is 43. The lowest BCUT2D eigenvalue weighted by Crippen LogP contribution is -2.41. The van der Waals surface area contributed by atoms with E-state index < -0.39 is 0 Å². The summed E-state index contributed by atoms with van der Waals surface area (Å²) in [6, 6.07) is 0. The van der Waals surface area contributed by atoms with Crippen molar-refractivity contribution in [3.05, 3.63) is 0 Å². The fourth-order valence-corrected chi connectivity index (χ4v) is 7.03. The lowest BCUT2D eigenvalue weighted by atomic mass is 10.0. The monoisotopic (exact) mass is 739 g/mol. The van der Waals surface area contributed by atoms with E-state index in [2.05, 4.69) is 29.4 Å². The van der Waals surface area contributed by atoms with E-state index in [-0.39, 0.29) is 25.0 Å². The summed E-state index contributed by atoms with van der Waals surface area (Å²) in [6.45, 7) is 9.70. The van der Waals surface area contributed by atoms with Crippen LogP contribution in [0.1, 0.15) is 206 Å². The normalized spacial score (nSPS) is 11.6. The van der Waals surface area contributed by atoms with Gasteiger partial charge in [0, 0.05) is 65.2 Å². The summed E-state index contributed by atoms with van der Waals surface area (Å²) in [6.07, 6.45) is 38.0. The Kier molecular flexibility index (Phi) is 41.5. The highest BCUT2D eigenvalue weighted by atomic mass is 16.3. The highest BCUT2D eigenvalue weighted by Crippen LogP contribution is 2.14. The third-order valence-electron chi connectivity index (χ3n) is 10.6. The van der Waals surface area contributed by atoms with Gasteiger partial charge in [0.25, 0.3) is 0 Å². The van der Waals surface area contributed by atoms with Gasteiger partial charge in [-0.1, -0.05) is 181 Å². The second kappa shape index (κ2) is 42.5. The number of aliphatic hydroxyl groups excluding tert-OH is 2. The first-order valence-corrected chi connectivity index (χ1v) is 22.8. The average Bonchev–Trinajstić information content (AvgIpc) is 3.14. The second-order valence-electron chi connectivity index (χ2n) is 15.5. The van der Waals surface area contributed by atoms with Crippen molar-refractivity contribution >= 4 is 11.8 Å². The van der Waals surface area contributed by atoms with Crippen LogP contribution in [0.25, 0.3) is 0 Å². The van der Waals surface area contributed by atoms with E-state index in [0.717, 1.165) is 25.9 Å². The van der Waals surface area contributed by atoms with Gasteiger partial charge in [-0.25, -0.2) is 0 Å². The van der Waals surface area contributed by atoms with Crippen LogP contribution in [0.3, 0.4) is 0 Å². The Labute approximate surface area is 323 Å². The standard InChI is InChI=1S/C44H90N4O4/c1-3-5-7-9-11-13-15-17-19-21-23-25-27-29-33-45-43(51)31-35-47(37-38-48(39-41-49)40-42-50)36-32-44(52)46-34-30-28-26-24-22-20-18-16-14-12-10-8-6-4-2/h49-50H,3-42H2,1-2H3,(H,45,51)(H,46,52). The summed E-state index contributed by atoms with van der Waals surface area (Å²) in [5, 5.41) is 25.0. The molecule has 0 atom stereocenters. The molecule has 0 saturated heterocycles. The summed E-state index contributed by atoms with van der Waals surface area (Å²) in [4.78, 5) is 29.5. The molecule has 0 unspecified atom stereocenters. The molecule has 0 radical (unpaired) electrons. The minimum atomic E-state index is 0.0450. The van der Waals surface area contributed by atoms with Crippen LogP contribution < -0.4 is 10.6 Å². The number of aliphatic hydroxyl groups is 2. The Morgan fingerprint density at radius 2 is 0.615 bits per heavy atom. The van der Waals surface area contributed by atoms with Gasteiger partial charge in [-0.05, 0) is 12.8 Å². The van der Waals surface area contributed by atoms with E-state index >= 15 is 0 Å². The molecular formula is C44H90N4O4. The third kappa shape index (κ3) is 38.5. The number of hydrogen-bond donors (Lipinski definition) is 4. The molecule has 0 spiro atoms. The molecule has 8 nitrogen and oxygen atoms in total. The van der Waals surface area contributed by atoms with Crippen molar-refractivity contribution in [2.75, 3.05) is 65.6 Å². The van der Waals surface area contributed by atoms with Crippen molar-refractivity contribution in [2.45, 2.75) is 206 Å². The summed E-state index contributed by atoms with van der Waals surface area (Å²) < 4.78 is 0. The van der Waals surface area contributed by atoms with Crippen LogP contribution in [0.15, 0.2) is 0 Å².